The van der Waals surface area contributed by atoms with Crippen molar-refractivity contribution in [1.29, 1.82) is 0 Å². The summed E-state index contributed by atoms with van der Waals surface area (Å²) >= 11 is 6.14. The molecule has 2 unspecified atom stereocenters. The van der Waals surface area contributed by atoms with Crippen LogP contribution in [0.5, 0.6) is 0 Å². The van der Waals surface area contributed by atoms with E-state index in [1.165, 1.54) is 15.5 Å². The third-order valence-electron chi connectivity index (χ3n) is 6.89. The van der Waals surface area contributed by atoms with Gasteiger partial charge in [-0.1, -0.05) is 46.2 Å². The van der Waals surface area contributed by atoms with Crippen LogP contribution in [0.2, 0.25) is 5.15 Å². The monoisotopic (exact) mass is 530 g/mol. The summed E-state index contributed by atoms with van der Waals surface area (Å²) < 4.78 is 16.2. The van der Waals surface area contributed by atoms with E-state index in [-0.39, 0.29) is 47.7 Å². The molecule has 0 aliphatic carbocycles. The van der Waals surface area contributed by atoms with Gasteiger partial charge in [0.1, 0.15) is 5.82 Å². The van der Waals surface area contributed by atoms with Crippen molar-refractivity contribution in [2.24, 2.45) is 5.41 Å². The highest BCUT2D eigenvalue weighted by Gasteiger charge is 2.42. The van der Waals surface area contributed by atoms with E-state index in [0.717, 1.165) is 5.56 Å². The normalized spacial score (nSPS) is 18.6. The zero-order valence-corrected chi connectivity index (χ0v) is 22.8. The van der Waals surface area contributed by atoms with Gasteiger partial charge in [0, 0.05) is 25.3 Å². The van der Waals surface area contributed by atoms with E-state index in [1.807, 2.05) is 53.4 Å². The Bertz CT molecular complexity index is 1430. The number of fused-ring (bicyclic) bond motifs is 1. The van der Waals surface area contributed by atoms with Gasteiger partial charge in [0.15, 0.2) is 16.6 Å². The van der Waals surface area contributed by atoms with Crippen molar-refractivity contribution in [3.63, 3.8) is 0 Å². The Morgan fingerprint density at radius 3 is 2.51 bits per heavy atom. The smallest absolute Gasteiger partial charge is 0.407 e. The lowest BCUT2D eigenvalue weighted by molar-refractivity contribution is 0.107. The predicted molar refractivity (Wildman–Crippen MR) is 142 cm³/mol. The highest BCUT2D eigenvalue weighted by molar-refractivity contribution is 6.30. The van der Waals surface area contributed by atoms with Crippen LogP contribution in [0.25, 0.3) is 16.7 Å². The Morgan fingerprint density at radius 2 is 1.92 bits per heavy atom. The average Bonchev–Trinajstić information content (AvgIpc) is 2.79. The highest BCUT2D eigenvalue weighted by atomic mass is 35.5. The molecule has 3 aromatic heterocycles. The summed E-state index contributed by atoms with van der Waals surface area (Å²) in [7, 11) is 0. The first kappa shape index (κ1) is 26.8. The quantitative estimate of drug-likeness (QED) is 0.475. The van der Waals surface area contributed by atoms with Crippen molar-refractivity contribution < 1.29 is 14.3 Å². The van der Waals surface area contributed by atoms with Crippen LogP contribution in [-0.2, 0) is 0 Å². The summed E-state index contributed by atoms with van der Waals surface area (Å²) in [6.45, 7) is 14.1. The number of anilines is 1. The molecule has 11 heteroatoms. The molecule has 1 aliphatic rings. The number of nitrogens with zero attached hydrogens (tertiary/aromatic N) is 6. The molecule has 0 bridgehead atoms. The molecular weight excluding hydrogens is 499 g/mol. The number of aromatic nitrogens is 4. The maximum absolute atomic E-state index is 14.9. The molecule has 0 spiro atoms. The Kier molecular flexibility index (Phi) is 6.92. The van der Waals surface area contributed by atoms with Crippen molar-refractivity contribution in [1.82, 2.24) is 24.4 Å². The number of hydrogen-bond donors (Lipinski definition) is 1. The number of carboxylic acid groups (broad SMARTS) is 1. The van der Waals surface area contributed by atoms with Crippen LogP contribution in [0, 0.1) is 18.2 Å². The molecule has 1 aliphatic heterocycles. The molecule has 3 aromatic rings. The molecule has 9 nitrogen and oxygen atoms in total. The van der Waals surface area contributed by atoms with Gasteiger partial charge in [-0.25, -0.2) is 23.5 Å². The molecule has 4 heterocycles. The Balaban J connectivity index is 2.07. The van der Waals surface area contributed by atoms with E-state index >= 15 is 0 Å². The fourth-order valence-electron chi connectivity index (χ4n) is 5.06. The van der Waals surface area contributed by atoms with Crippen molar-refractivity contribution in [2.75, 3.05) is 18.0 Å². The van der Waals surface area contributed by atoms with Gasteiger partial charge in [-0.15, -0.1) is 0 Å². The van der Waals surface area contributed by atoms with Gasteiger partial charge >= 0.3 is 11.8 Å². The zero-order valence-electron chi connectivity index (χ0n) is 22.1. The molecule has 0 aromatic carbocycles. The summed E-state index contributed by atoms with van der Waals surface area (Å²) in [4.78, 5) is 42.2. The number of halogens is 2. The molecule has 37 heavy (non-hydrogen) atoms. The van der Waals surface area contributed by atoms with Gasteiger partial charge in [-0.05, 0) is 42.9 Å². The molecule has 0 saturated carbocycles. The first-order valence-corrected chi connectivity index (χ1v) is 12.6. The summed E-state index contributed by atoms with van der Waals surface area (Å²) in [6.07, 6.45) is 0.669. The van der Waals surface area contributed by atoms with Crippen molar-refractivity contribution in [3.05, 3.63) is 51.0 Å². The topological polar surface area (TPSA) is 104 Å². The van der Waals surface area contributed by atoms with Gasteiger partial charge in [-0.2, -0.15) is 4.98 Å². The molecular formula is C26H32ClFN6O3. The first-order chi connectivity index (χ1) is 17.2. The van der Waals surface area contributed by atoms with Crippen LogP contribution in [0.15, 0.2) is 23.1 Å². The molecule has 1 saturated heterocycles. The molecule has 1 fully saturated rings. The number of rotatable bonds is 3. The van der Waals surface area contributed by atoms with Gasteiger partial charge in [0.2, 0.25) is 0 Å². The van der Waals surface area contributed by atoms with Crippen LogP contribution in [0.3, 0.4) is 0 Å². The van der Waals surface area contributed by atoms with Gasteiger partial charge in [0.05, 0.1) is 22.8 Å². The molecule has 4 rings (SSSR count). The maximum Gasteiger partial charge on any atom is 0.407 e. The molecule has 198 valence electrons. The van der Waals surface area contributed by atoms with E-state index in [0.29, 0.717) is 16.8 Å². The summed E-state index contributed by atoms with van der Waals surface area (Å²) in [5.74, 6) is -0.496. The second-order valence-electron chi connectivity index (χ2n) is 11.0. The number of pyridine rings is 2. The lowest BCUT2D eigenvalue weighted by Gasteiger charge is -2.50. The van der Waals surface area contributed by atoms with Crippen LogP contribution in [0.4, 0.5) is 15.0 Å². The average molecular weight is 531 g/mol. The number of aryl methyl sites for hydroxylation is 1. The first-order valence-electron chi connectivity index (χ1n) is 12.2. The van der Waals surface area contributed by atoms with Crippen LogP contribution < -0.4 is 10.6 Å². The minimum absolute atomic E-state index is 0.0122. The zero-order chi connectivity index (χ0) is 27.4. The van der Waals surface area contributed by atoms with Crippen molar-refractivity contribution >= 4 is 34.5 Å². The third-order valence-corrected chi connectivity index (χ3v) is 7.15. The molecule has 1 amide bonds. The van der Waals surface area contributed by atoms with E-state index < -0.39 is 23.0 Å². The number of carbonyl (C=O) groups is 1. The standard InChI is InChI=1S/C26H32ClFN6O3/c1-13(2)19-20(14(3)8-9-29-19)34-22-16(10-17(28)21(27)30-22)23(31-24(34)35)33-15(4)11-32(25(36)37)12-18(33)26(5,6)7/h8-10,13,15,18H,11-12H2,1-7H3,(H,36,37). The van der Waals surface area contributed by atoms with E-state index in [2.05, 4.69) is 15.0 Å². The van der Waals surface area contributed by atoms with E-state index in [1.54, 1.807) is 12.3 Å². The largest absolute Gasteiger partial charge is 0.465 e. The van der Waals surface area contributed by atoms with Crippen LogP contribution >= 0.6 is 11.6 Å². The Morgan fingerprint density at radius 1 is 1.24 bits per heavy atom. The summed E-state index contributed by atoms with van der Waals surface area (Å²) in [5, 5.41) is 9.65. The van der Waals surface area contributed by atoms with E-state index in [9.17, 15) is 19.1 Å². The summed E-state index contributed by atoms with van der Waals surface area (Å²) in [5.41, 5.74) is 1.18. The predicted octanol–water partition coefficient (Wildman–Crippen LogP) is 5.00. The highest BCUT2D eigenvalue weighted by Crippen LogP contribution is 2.37. The van der Waals surface area contributed by atoms with Crippen molar-refractivity contribution in [3.8, 4) is 5.69 Å². The number of hydrogen-bond acceptors (Lipinski definition) is 6. The second-order valence-corrected chi connectivity index (χ2v) is 11.4. The van der Waals surface area contributed by atoms with E-state index in [4.69, 9.17) is 11.6 Å². The van der Waals surface area contributed by atoms with Crippen molar-refractivity contribution in [2.45, 2.75) is 66.5 Å². The van der Waals surface area contributed by atoms with Gasteiger partial charge in [0.25, 0.3) is 0 Å². The maximum atomic E-state index is 14.9. The minimum Gasteiger partial charge on any atom is -0.465 e. The van der Waals surface area contributed by atoms with Gasteiger partial charge < -0.3 is 14.9 Å². The summed E-state index contributed by atoms with van der Waals surface area (Å²) in [6, 6.07) is 2.36. The fraction of sp³-hybridized carbons (Fsp3) is 0.500. The molecule has 0 radical (unpaired) electrons. The van der Waals surface area contributed by atoms with Gasteiger partial charge in [-0.3, -0.25) is 4.98 Å². The SMILES string of the molecule is Cc1ccnc(C(C)C)c1-n1c(=O)nc(N2C(C)CN(C(=O)O)CC2C(C)(C)C)c2cc(F)c(Cl)nc21. The molecule has 2 atom stereocenters. The second kappa shape index (κ2) is 9.55. The lowest BCUT2D eigenvalue weighted by atomic mass is 9.83. The lowest BCUT2D eigenvalue weighted by Crippen LogP contribution is -2.63. The minimum atomic E-state index is -1.01. The molecule has 1 N–H and O–H groups in total. The fourth-order valence-corrected chi connectivity index (χ4v) is 5.19. The Labute approximate surface area is 219 Å². The number of amides is 1. The third kappa shape index (κ3) is 4.74. The van der Waals surface area contributed by atoms with Crippen LogP contribution in [0.1, 0.15) is 58.7 Å². The number of piperazine rings is 1. The van der Waals surface area contributed by atoms with Crippen LogP contribution in [-0.4, -0.2) is 60.8 Å². The Hall–Kier alpha value is -3.27.